The molecule has 0 aliphatic carbocycles. The third-order valence-electron chi connectivity index (χ3n) is 17.3. The summed E-state index contributed by atoms with van der Waals surface area (Å²) in [4.78, 5) is 26.6. The molecule has 92 heavy (non-hydrogen) atoms. The molecule has 2 amide bonds. The summed E-state index contributed by atoms with van der Waals surface area (Å²) < 4.78 is 89.7. The van der Waals surface area contributed by atoms with Crippen molar-refractivity contribution in [1.82, 2.24) is 10.6 Å². The van der Waals surface area contributed by atoms with Crippen LogP contribution in [-0.2, 0) is 80.6 Å². The maximum Gasteiger partial charge on any atom is 0.217 e. The number of hydrogen-bond acceptors (Lipinski definition) is 38. The lowest BCUT2D eigenvalue weighted by atomic mass is 9.93. The number of hydrogen-bond donors (Lipinski definition) is 23. The van der Waals surface area contributed by atoms with E-state index in [1.54, 1.807) is 0 Å². The average molecular weight is 1350 g/mol. The van der Waals surface area contributed by atoms with Crippen molar-refractivity contribution in [3.8, 4) is 0 Å². The number of amides is 2. The van der Waals surface area contributed by atoms with Gasteiger partial charge in [0.05, 0.1) is 51.3 Å². The molecule has 40 heteroatoms. The second-order valence-corrected chi connectivity index (χ2v) is 23.8. The van der Waals surface area contributed by atoms with Crippen LogP contribution in [0.5, 0.6) is 0 Å². The molecular weight excluding hydrogens is 1260 g/mol. The largest absolute Gasteiger partial charge is 0.394 e. The Morgan fingerprint density at radius 1 is 0.283 bits per heavy atom. The van der Waals surface area contributed by atoms with Crippen LogP contribution in [0.2, 0.25) is 0 Å². The molecule has 0 aromatic rings. The van der Waals surface area contributed by atoms with E-state index in [2.05, 4.69) is 10.6 Å². The van der Waals surface area contributed by atoms with Crippen molar-refractivity contribution in [3.05, 3.63) is 0 Å². The Labute approximate surface area is 522 Å². The van der Waals surface area contributed by atoms with Crippen LogP contribution in [0.4, 0.5) is 0 Å². The normalized spacial score (nSPS) is 52.1. The van der Waals surface area contributed by atoms with Gasteiger partial charge in [-0.15, -0.1) is 0 Å². The van der Waals surface area contributed by atoms with Crippen molar-refractivity contribution >= 4 is 11.8 Å². The maximum absolute atomic E-state index is 13.4. The van der Waals surface area contributed by atoms with Crippen LogP contribution in [0.1, 0.15) is 34.6 Å². The van der Waals surface area contributed by atoms with Crippen molar-refractivity contribution in [3.63, 3.8) is 0 Å². The van der Waals surface area contributed by atoms with Gasteiger partial charge in [0.25, 0.3) is 0 Å². The van der Waals surface area contributed by atoms with Crippen LogP contribution in [-0.4, -0.2) is 398 Å². The van der Waals surface area contributed by atoms with Gasteiger partial charge < -0.3 is 189 Å². The van der Waals surface area contributed by atoms with Gasteiger partial charge in [0, 0.05) is 13.8 Å². The Balaban J connectivity index is 1.15. The van der Waals surface area contributed by atoms with E-state index in [0.29, 0.717) is 0 Å². The lowest BCUT2D eigenvalue weighted by molar-refractivity contribution is -0.401. The Morgan fingerprint density at radius 2 is 0.554 bits per heavy atom. The summed E-state index contributed by atoms with van der Waals surface area (Å²) in [6.07, 6.45) is -73.8. The average Bonchev–Trinajstić information content (AvgIpc) is 0.765. The third-order valence-corrected chi connectivity index (χ3v) is 17.3. The molecule has 40 nitrogen and oxygen atoms in total. The summed E-state index contributed by atoms with van der Waals surface area (Å²) >= 11 is 0. The second kappa shape index (κ2) is 32.0. The fourth-order valence-electron chi connectivity index (χ4n) is 12.1. The number of carbonyl (C=O) groups excluding carboxylic acids is 2. The first-order valence-electron chi connectivity index (χ1n) is 29.7. The molecule has 8 saturated heterocycles. The maximum atomic E-state index is 13.4. The fraction of sp³-hybridized carbons (Fsp3) is 0.962. The van der Waals surface area contributed by atoms with Gasteiger partial charge in [-0.1, -0.05) is 0 Å². The molecule has 8 fully saturated rings. The third kappa shape index (κ3) is 15.8. The molecule has 40 atom stereocenters. The number of rotatable bonds is 21. The minimum Gasteiger partial charge on any atom is -0.394 e. The summed E-state index contributed by atoms with van der Waals surface area (Å²) in [5.74, 6) is -1.88. The van der Waals surface area contributed by atoms with E-state index in [9.17, 15) is 117 Å². The lowest BCUT2D eigenvalue weighted by Crippen LogP contribution is -2.72. The molecule has 8 heterocycles. The number of ether oxygens (including phenoxy) is 15. The van der Waals surface area contributed by atoms with Gasteiger partial charge in [-0.05, 0) is 20.8 Å². The molecule has 0 bridgehead atoms. The predicted octanol–water partition coefficient (Wildman–Crippen LogP) is -15.1. The molecule has 534 valence electrons. The monoisotopic (exact) mass is 1350 g/mol. The topological polar surface area (TPSA) is 621 Å². The first kappa shape index (κ1) is 75.3. The molecule has 8 rings (SSSR count). The summed E-state index contributed by atoms with van der Waals surface area (Å²) in [6, 6.07) is -3.84. The van der Waals surface area contributed by atoms with Crippen LogP contribution in [0.25, 0.3) is 0 Å². The highest BCUT2D eigenvalue weighted by Gasteiger charge is 2.61. The van der Waals surface area contributed by atoms with E-state index in [1.165, 1.54) is 20.8 Å². The highest BCUT2D eigenvalue weighted by molar-refractivity contribution is 5.73. The zero-order valence-electron chi connectivity index (χ0n) is 50.0. The van der Waals surface area contributed by atoms with Gasteiger partial charge in [-0.3, -0.25) is 9.59 Å². The fourth-order valence-corrected chi connectivity index (χ4v) is 12.1. The summed E-state index contributed by atoms with van der Waals surface area (Å²) in [5.41, 5.74) is 0. The van der Waals surface area contributed by atoms with Crippen molar-refractivity contribution in [2.75, 3.05) is 33.0 Å². The zero-order chi connectivity index (χ0) is 67.8. The number of aliphatic hydroxyl groups excluding tert-OH is 21. The van der Waals surface area contributed by atoms with Gasteiger partial charge in [-0.25, -0.2) is 0 Å². The van der Waals surface area contributed by atoms with E-state index in [-0.39, 0.29) is 0 Å². The van der Waals surface area contributed by atoms with Gasteiger partial charge in [0.2, 0.25) is 11.8 Å². The standard InChI is InChI=1S/C52H88N2O38/c1-11-23(62)28(67)32(71)48(78-11)89-41-21(53-14(4)60)46(86-40-18(8-57)81-45(77)36(75)44(40)92-50-34(73)30(69)25(64)13(3)80-50)84-20(10-59)39(41)88-52-37(76)43(27(66)17(7-56)83-52)91-47-22(54-15(5)61)42(90-49-33(72)29(68)24(63)12(2)79-49)38(19(9-58)85-47)87-51-35(74)31(70)26(65)16(6-55)82-51/h11-13,16-52,55-59,62-77H,6-10H2,1-5H3,(H,53,60)(H,54,61)/t11-,12-,13-,16+,17+,18+,19+,20+,21+,22+,23+,24+,25+,26-,27-,28+,29+,30+,31-,32-,33-,34-,35+,36+,37+,38+,39+,40+,41+,42+,43-,44+,45+,46-,47-,48-,49-,50-,51-,52-/m0/s1. The summed E-state index contributed by atoms with van der Waals surface area (Å²) in [5, 5.41) is 235. The first-order valence-corrected chi connectivity index (χ1v) is 29.7. The number of carbonyl (C=O) groups is 2. The van der Waals surface area contributed by atoms with Crippen LogP contribution in [0, 0.1) is 0 Å². The molecule has 0 aromatic carbocycles. The van der Waals surface area contributed by atoms with E-state index in [4.69, 9.17) is 71.1 Å². The molecule has 8 aliphatic rings. The van der Waals surface area contributed by atoms with E-state index in [0.717, 1.165) is 13.8 Å². The number of aliphatic hydroxyl groups is 21. The molecule has 0 spiro atoms. The van der Waals surface area contributed by atoms with Crippen LogP contribution in [0.15, 0.2) is 0 Å². The Bertz CT molecular complexity index is 2330. The molecule has 0 radical (unpaired) electrons. The summed E-state index contributed by atoms with van der Waals surface area (Å²) in [6.45, 7) is 0.293. The van der Waals surface area contributed by atoms with Gasteiger partial charge >= 0.3 is 0 Å². The minimum absolute atomic E-state index is 0.934. The molecule has 0 unspecified atom stereocenters. The van der Waals surface area contributed by atoms with Crippen molar-refractivity contribution in [2.24, 2.45) is 0 Å². The van der Waals surface area contributed by atoms with Gasteiger partial charge in [0.1, 0.15) is 177 Å². The molecular formula is C52H88N2O38. The second-order valence-electron chi connectivity index (χ2n) is 23.8. The van der Waals surface area contributed by atoms with E-state index < -0.39 is 290 Å². The highest BCUT2D eigenvalue weighted by atomic mass is 16.8. The van der Waals surface area contributed by atoms with Gasteiger partial charge in [0.15, 0.2) is 50.3 Å². The van der Waals surface area contributed by atoms with Crippen molar-refractivity contribution < 1.29 is 188 Å². The van der Waals surface area contributed by atoms with E-state index >= 15 is 0 Å². The molecule has 0 saturated carbocycles. The van der Waals surface area contributed by atoms with Crippen molar-refractivity contribution in [1.29, 1.82) is 0 Å². The highest BCUT2D eigenvalue weighted by Crippen LogP contribution is 2.40. The predicted molar refractivity (Wildman–Crippen MR) is 283 cm³/mol. The smallest absolute Gasteiger partial charge is 0.217 e. The SMILES string of the molecule is CC(=O)N[C@H]1[C@H](O[C@H]2[C@@H](O)[C@@H](CO)O[C@@H](O[C@H]3[C@H](O[C@@H]4O[C@@H](C)[C@@H](O)[C@@H](O)[C@@H]4O)[C@@H](NC(C)=O)[C@H](O[C@H]4[C@H](O[C@@H]5O[C@@H](C)[C@@H](O)[C@@H](O)[C@@H]5O)[C@@H](O)[C@H](O)O[C@@H]4CO)O[C@@H]3CO)[C@@H]2O)O[C@H](CO)[C@@H](O[C@@H]2O[C@H](CO)[C@H](O)[C@H](O)[C@H]2O)[C@@H]1O[C@@H]1O[C@@H](C)[C@@H](O)[C@@H](O)[C@@H]1O. The summed E-state index contributed by atoms with van der Waals surface area (Å²) in [7, 11) is 0. The van der Waals surface area contributed by atoms with Crippen LogP contribution >= 0.6 is 0 Å². The van der Waals surface area contributed by atoms with E-state index in [1.807, 2.05) is 0 Å². The zero-order valence-corrected chi connectivity index (χ0v) is 50.0. The van der Waals surface area contributed by atoms with Crippen molar-refractivity contribution in [2.45, 2.75) is 280 Å². The quantitative estimate of drug-likeness (QED) is 0.0507. The molecule has 0 aromatic heterocycles. The molecule has 23 N–H and O–H groups in total. The Hall–Kier alpha value is -2.50. The lowest BCUT2D eigenvalue weighted by Gasteiger charge is -2.52. The van der Waals surface area contributed by atoms with Gasteiger partial charge in [-0.2, -0.15) is 0 Å². The van der Waals surface area contributed by atoms with Crippen LogP contribution in [0.3, 0.4) is 0 Å². The molecule has 8 aliphatic heterocycles. The Morgan fingerprint density at radius 3 is 0.924 bits per heavy atom. The minimum atomic E-state index is -2.41. The number of nitrogens with one attached hydrogen (secondary N) is 2. The first-order chi connectivity index (χ1) is 43.4. The Kier molecular flexibility index (Phi) is 26.2. The van der Waals surface area contributed by atoms with Crippen LogP contribution < -0.4 is 10.6 Å².